The highest BCUT2D eigenvalue weighted by atomic mass is 16.5. The summed E-state index contributed by atoms with van der Waals surface area (Å²) in [5.74, 6) is 1.56. The zero-order valence-electron chi connectivity index (χ0n) is 19.1. The number of benzene rings is 1. The molecule has 2 aromatic heterocycles. The number of pyridine rings is 1. The van der Waals surface area contributed by atoms with Gasteiger partial charge in [-0.05, 0) is 53.3 Å². The van der Waals surface area contributed by atoms with Gasteiger partial charge in [0.15, 0.2) is 5.82 Å². The smallest absolute Gasteiger partial charge is 0.252 e. The van der Waals surface area contributed by atoms with Gasteiger partial charge < -0.3 is 14.5 Å². The van der Waals surface area contributed by atoms with Crippen LogP contribution in [0.5, 0.6) is 5.75 Å². The summed E-state index contributed by atoms with van der Waals surface area (Å²) in [4.78, 5) is 18.5. The average Bonchev–Trinajstić information content (AvgIpc) is 3.50. The number of hydrogen-bond acceptors (Lipinski definition) is 7. The fraction of sp³-hybridized carbons (Fsp3) is 0.565. The van der Waals surface area contributed by atoms with Crippen molar-refractivity contribution in [2.45, 2.75) is 64.2 Å². The van der Waals surface area contributed by atoms with E-state index in [1.165, 1.54) is 12.8 Å². The Morgan fingerprint density at radius 2 is 2.06 bits per heavy atom. The molecule has 1 fully saturated rings. The summed E-state index contributed by atoms with van der Waals surface area (Å²) in [5, 5.41) is 13.5. The van der Waals surface area contributed by atoms with Crippen LogP contribution in [0.25, 0.3) is 10.9 Å². The van der Waals surface area contributed by atoms with E-state index in [-0.39, 0.29) is 11.6 Å². The largest absolute Gasteiger partial charge is 0.497 e. The molecule has 1 aromatic carbocycles. The van der Waals surface area contributed by atoms with Crippen molar-refractivity contribution in [3.8, 4) is 5.75 Å². The van der Waals surface area contributed by atoms with Crippen LogP contribution in [0.2, 0.25) is 0 Å². The summed E-state index contributed by atoms with van der Waals surface area (Å²) >= 11 is 0. The molecule has 0 spiro atoms. The molecule has 2 heterocycles. The first kappa shape index (κ1) is 22.4. The molecule has 1 atom stereocenters. The second kappa shape index (κ2) is 10.2. The van der Waals surface area contributed by atoms with Crippen LogP contribution < -0.4 is 10.3 Å². The van der Waals surface area contributed by atoms with Crippen molar-refractivity contribution in [2.24, 2.45) is 0 Å². The average molecular weight is 441 g/mol. The summed E-state index contributed by atoms with van der Waals surface area (Å²) in [6.07, 6.45) is 5.52. The van der Waals surface area contributed by atoms with Gasteiger partial charge in [0.25, 0.3) is 5.56 Å². The maximum absolute atomic E-state index is 13.0. The number of nitrogens with one attached hydrogen (secondary N) is 1. The van der Waals surface area contributed by atoms with Crippen LogP contribution >= 0.6 is 0 Å². The molecule has 4 rings (SSSR count). The predicted molar refractivity (Wildman–Crippen MR) is 122 cm³/mol. The molecular weight excluding hydrogens is 408 g/mol. The van der Waals surface area contributed by atoms with E-state index in [2.05, 4.69) is 32.3 Å². The van der Waals surface area contributed by atoms with Crippen LogP contribution in [0, 0.1) is 0 Å². The quantitative estimate of drug-likeness (QED) is 0.517. The second-order valence-electron chi connectivity index (χ2n) is 8.36. The number of ether oxygens (including phenoxy) is 2. The molecule has 9 nitrogen and oxygen atoms in total. The van der Waals surface area contributed by atoms with Crippen molar-refractivity contribution >= 4 is 10.9 Å². The number of fused-ring (bicyclic) bond motifs is 1. The molecular formula is C23H32N6O3. The Morgan fingerprint density at radius 3 is 2.78 bits per heavy atom. The lowest BCUT2D eigenvalue weighted by Gasteiger charge is -2.35. The van der Waals surface area contributed by atoms with E-state index in [4.69, 9.17) is 9.47 Å². The van der Waals surface area contributed by atoms with E-state index in [0.29, 0.717) is 25.7 Å². The zero-order valence-corrected chi connectivity index (χ0v) is 19.1. The monoisotopic (exact) mass is 440 g/mol. The Hall–Kier alpha value is -2.78. The van der Waals surface area contributed by atoms with Gasteiger partial charge in [0, 0.05) is 31.3 Å². The standard InChI is InChI=1S/C23H32N6O3/c1-4-21(22-25-26-27-29(22)11-12-31-2)28(18-7-5-6-8-18)15-17-13-16-9-10-19(32-3)14-20(16)24-23(17)30/h9-10,13-14,18,21H,4-8,11-12,15H2,1-3H3,(H,24,30)/t21-/m0/s1. The van der Waals surface area contributed by atoms with Gasteiger partial charge in [-0.25, -0.2) is 4.68 Å². The first-order valence-electron chi connectivity index (χ1n) is 11.3. The van der Waals surface area contributed by atoms with Gasteiger partial charge in [-0.2, -0.15) is 0 Å². The molecule has 0 saturated heterocycles. The van der Waals surface area contributed by atoms with E-state index in [9.17, 15) is 4.79 Å². The number of rotatable bonds is 10. The maximum atomic E-state index is 13.0. The first-order valence-corrected chi connectivity index (χ1v) is 11.3. The highest BCUT2D eigenvalue weighted by Gasteiger charge is 2.32. The third-order valence-corrected chi connectivity index (χ3v) is 6.43. The van der Waals surface area contributed by atoms with E-state index in [0.717, 1.165) is 47.3 Å². The third kappa shape index (κ3) is 4.68. The summed E-state index contributed by atoms with van der Waals surface area (Å²) in [6.45, 7) is 3.86. The second-order valence-corrected chi connectivity index (χ2v) is 8.36. The molecule has 1 aliphatic rings. The van der Waals surface area contributed by atoms with Crippen LogP contribution in [0.15, 0.2) is 29.1 Å². The van der Waals surface area contributed by atoms with Crippen LogP contribution in [0.1, 0.15) is 56.5 Å². The Kier molecular flexibility index (Phi) is 7.16. The van der Waals surface area contributed by atoms with Gasteiger partial charge in [-0.15, -0.1) is 5.10 Å². The fourth-order valence-corrected chi connectivity index (χ4v) is 4.75. The zero-order chi connectivity index (χ0) is 22.5. The van der Waals surface area contributed by atoms with Crippen molar-refractivity contribution in [1.82, 2.24) is 30.1 Å². The number of aromatic amines is 1. The number of aromatic nitrogens is 5. The topological polar surface area (TPSA) is 98.2 Å². The molecule has 0 bridgehead atoms. The molecule has 3 aromatic rings. The van der Waals surface area contributed by atoms with E-state index >= 15 is 0 Å². The summed E-state index contributed by atoms with van der Waals surface area (Å²) in [5.41, 5.74) is 1.47. The van der Waals surface area contributed by atoms with Crippen molar-refractivity contribution < 1.29 is 9.47 Å². The fourth-order valence-electron chi connectivity index (χ4n) is 4.75. The number of nitrogens with zero attached hydrogens (tertiary/aromatic N) is 5. The summed E-state index contributed by atoms with van der Waals surface area (Å²) in [7, 11) is 3.30. The minimum absolute atomic E-state index is 0.0240. The number of hydrogen-bond donors (Lipinski definition) is 1. The van der Waals surface area contributed by atoms with Gasteiger partial charge >= 0.3 is 0 Å². The lowest BCUT2D eigenvalue weighted by Crippen LogP contribution is -2.39. The molecule has 1 N–H and O–H groups in total. The Bertz CT molecular complexity index is 1090. The highest BCUT2D eigenvalue weighted by molar-refractivity contribution is 5.80. The van der Waals surface area contributed by atoms with Crippen molar-refractivity contribution in [3.63, 3.8) is 0 Å². The Labute approximate surface area is 187 Å². The molecule has 9 heteroatoms. The highest BCUT2D eigenvalue weighted by Crippen LogP contribution is 2.33. The summed E-state index contributed by atoms with van der Waals surface area (Å²) < 4.78 is 12.3. The molecule has 0 unspecified atom stereocenters. The predicted octanol–water partition coefficient (Wildman–Crippen LogP) is 3.07. The summed E-state index contributed by atoms with van der Waals surface area (Å²) in [6, 6.07) is 8.17. The van der Waals surface area contributed by atoms with E-state index < -0.39 is 0 Å². The molecule has 0 radical (unpaired) electrons. The Morgan fingerprint density at radius 1 is 1.25 bits per heavy atom. The first-order chi connectivity index (χ1) is 15.6. The molecule has 0 aliphatic heterocycles. The molecule has 1 saturated carbocycles. The van der Waals surface area contributed by atoms with Gasteiger partial charge in [0.1, 0.15) is 5.75 Å². The Balaban J connectivity index is 1.68. The lowest BCUT2D eigenvalue weighted by molar-refractivity contribution is 0.109. The lowest BCUT2D eigenvalue weighted by atomic mass is 10.0. The van der Waals surface area contributed by atoms with Crippen molar-refractivity contribution in [1.29, 1.82) is 0 Å². The van der Waals surface area contributed by atoms with Crippen molar-refractivity contribution in [3.05, 3.63) is 46.0 Å². The normalized spacial score (nSPS) is 15.6. The molecule has 172 valence electrons. The minimum Gasteiger partial charge on any atom is -0.497 e. The van der Waals surface area contributed by atoms with Gasteiger partial charge in [-0.1, -0.05) is 19.8 Å². The van der Waals surface area contributed by atoms with Crippen LogP contribution in [-0.4, -0.2) is 57.0 Å². The molecule has 32 heavy (non-hydrogen) atoms. The number of tetrazole rings is 1. The van der Waals surface area contributed by atoms with Crippen molar-refractivity contribution in [2.75, 3.05) is 20.8 Å². The van der Waals surface area contributed by atoms with Crippen LogP contribution in [0.4, 0.5) is 0 Å². The number of H-pyrrole nitrogens is 1. The van der Waals surface area contributed by atoms with Crippen LogP contribution in [-0.2, 0) is 17.8 Å². The van der Waals surface area contributed by atoms with Gasteiger partial charge in [-0.3, -0.25) is 9.69 Å². The minimum atomic E-state index is -0.0671. The molecule has 1 aliphatic carbocycles. The number of methoxy groups -OCH3 is 2. The van der Waals surface area contributed by atoms with Crippen LogP contribution in [0.3, 0.4) is 0 Å². The molecule has 0 amide bonds. The van der Waals surface area contributed by atoms with E-state index in [1.54, 1.807) is 14.2 Å². The SMILES string of the molecule is CC[C@@H](c1nnnn1CCOC)N(Cc1cc2ccc(OC)cc2[nH]c1=O)C1CCCC1. The van der Waals surface area contributed by atoms with E-state index in [1.807, 2.05) is 28.9 Å². The van der Waals surface area contributed by atoms with Gasteiger partial charge in [0.05, 0.1) is 31.8 Å². The maximum Gasteiger partial charge on any atom is 0.252 e. The third-order valence-electron chi connectivity index (χ3n) is 6.43. The van der Waals surface area contributed by atoms with Gasteiger partial charge in [0.2, 0.25) is 0 Å².